The molecule has 6 nitrogen and oxygen atoms in total. The van der Waals surface area contributed by atoms with Crippen LogP contribution < -0.4 is 10.1 Å². The number of carbonyl (C=O) groups is 1. The van der Waals surface area contributed by atoms with Crippen LogP contribution in [0.15, 0.2) is 53.4 Å². The van der Waals surface area contributed by atoms with E-state index in [0.717, 1.165) is 23.4 Å². The maximum absolute atomic E-state index is 13.1. The predicted octanol–water partition coefficient (Wildman–Crippen LogP) is 2.73. The molecule has 1 aliphatic rings. The molecular weight excluding hydrogens is 395 g/mol. The Balaban J connectivity index is 1.51. The van der Waals surface area contributed by atoms with Crippen molar-refractivity contribution in [1.82, 2.24) is 9.62 Å². The molecule has 0 aromatic heterocycles. The maximum Gasteiger partial charge on any atom is 0.243 e. The number of benzene rings is 2. The maximum atomic E-state index is 13.1. The van der Waals surface area contributed by atoms with E-state index in [4.69, 9.17) is 4.74 Å². The van der Waals surface area contributed by atoms with Crippen molar-refractivity contribution in [2.75, 3.05) is 26.2 Å². The first-order chi connectivity index (χ1) is 13.9. The minimum absolute atomic E-state index is 0.0338. The van der Waals surface area contributed by atoms with Crippen LogP contribution in [0, 0.1) is 18.7 Å². The summed E-state index contributed by atoms with van der Waals surface area (Å²) < 4.78 is 45.5. The fraction of sp³-hybridized carbons (Fsp3) is 0.381. The van der Waals surface area contributed by atoms with Crippen molar-refractivity contribution in [3.05, 3.63) is 59.9 Å². The normalized spacial score (nSPS) is 17.7. The van der Waals surface area contributed by atoms with Crippen molar-refractivity contribution in [3.8, 4) is 5.75 Å². The van der Waals surface area contributed by atoms with Gasteiger partial charge in [-0.3, -0.25) is 4.79 Å². The van der Waals surface area contributed by atoms with Gasteiger partial charge in [0.25, 0.3) is 0 Å². The zero-order valence-electron chi connectivity index (χ0n) is 16.3. The van der Waals surface area contributed by atoms with Crippen molar-refractivity contribution in [1.29, 1.82) is 0 Å². The number of ether oxygens (including phenoxy) is 1. The number of piperidine rings is 1. The number of nitrogens with one attached hydrogen (secondary N) is 1. The Morgan fingerprint density at radius 2 is 2.00 bits per heavy atom. The van der Waals surface area contributed by atoms with E-state index in [1.165, 1.54) is 16.4 Å². The summed E-state index contributed by atoms with van der Waals surface area (Å²) in [6.07, 6.45) is 1.22. The molecule has 8 heteroatoms. The van der Waals surface area contributed by atoms with Crippen molar-refractivity contribution in [2.45, 2.75) is 24.7 Å². The standard InChI is InChI=1S/C21H25FN2O4S/c1-16-4-2-6-19(14-16)28-13-11-23-21(25)17-5-3-12-24(15-17)29(26,27)20-9-7-18(22)8-10-20/h2,4,6-10,14,17H,3,5,11-13,15H2,1H3,(H,23,25)/t17-/m1/s1. The topological polar surface area (TPSA) is 75.7 Å². The first-order valence-corrected chi connectivity index (χ1v) is 11.0. The van der Waals surface area contributed by atoms with E-state index in [2.05, 4.69) is 5.32 Å². The van der Waals surface area contributed by atoms with E-state index in [1.54, 1.807) is 0 Å². The van der Waals surface area contributed by atoms with Gasteiger partial charge in [-0.05, 0) is 61.7 Å². The Hall–Kier alpha value is -2.45. The molecule has 0 unspecified atom stereocenters. The molecule has 1 saturated heterocycles. The molecule has 156 valence electrons. The van der Waals surface area contributed by atoms with Gasteiger partial charge in [0.05, 0.1) is 17.4 Å². The quantitative estimate of drug-likeness (QED) is 0.699. The van der Waals surface area contributed by atoms with E-state index in [9.17, 15) is 17.6 Å². The average Bonchev–Trinajstić information content (AvgIpc) is 2.71. The Kier molecular flexibility index (Phi) is 6.87. The van der Waals surface area contributed by atoms with Gasteiger partial charge in [-0.2, -0.15) is 4.31 Å². The monoisotopic (exact) mass is 420 g/mol. The second-order valence-electron chi connectivity index (χ2n) is 7.11. The number of rotatable bonds is 7. The van der Waals surface area contributed by atoms with Gasteiger partial charge in [-0.1, -0.05) is 12.1 Å². The molecular formula is C21H25FN2O4S. The second-order valence-corrected chi connectivity index (χ2v) is 9.05. The lowest BCUT2D eigenvalue weighted by molar-refractivity contribution is -0.126. The first-order valence-electron chi connectivity index (χ1n) is 9.59. The summed E-state index contributed by atoms with van der Waals surface area (Å²) in [6.45, 7) is 3.11. The minimum atomic E-state index is -3.75. The van der Waals surface area contributed by atoms with Gasteiger partial charge in [-0.25, -0.2) is 12.8 Å². The van der Waals surface area contributed by atoms with Gasteiger partial charge in [0.15, 0.2) is 0 Å². The van der Waals surface area contributed by atoms with Gasteiger partial charge in [0, 0.05) is 13.1 Å². The Bertz CT molecular complexity index is 947. The number of carbonyl (C=O) groups excluding carboxylic acids is 1. The highest BCUT2D eigenvalue weighted by molar-refractivity contribution is 7.89. The van der Waals surface area contributed by atoms with E-state index in [0.29, 0.717) is 32.5 Å². The Labute approximate surface area is 170 Å². The number of hydrogen-bond acceptors (Lipinski definition) is 4. The highest BCUT2D eigenvalue weighted by atomic mass is 32.2. The molecule has 1 fully saturated rings. The molecule has 1 N–H and O–H groups in total. The predicted molar refractivity (Wildman–Crippen MR) is 108 cm³/mol. The van der Waals surface area contributed by atoms with Crippen LogP contribution in [-0.4, -0.2) is 44.9 Å². The number of hydrogen-bond donors (Lipinski definition) is 1. The van der Waals surface area contributed by atoms with Crippen LogP contribution in [0.3, 0.4) is 0 Å². The fourth-order valence-electron chi connectivity index (χ4n) is 3.32. The number of sulfonamides is 1. The third-order valence-corrected chi connectivity index (χ3v) is 6.75. The molecule has 1 heterocycles. The molecule has 3 rings (SSSR count). The highest BCUT2D eigenvalue weighted by Gasteiger charge is 2.33. The smallest absolute Gasteiger partial charge is 0.243 e. The van der Waals surface area contributed by atoms with Gasteiger partial charge in [0.2, 0.25) is 15.9 Å². The van der Waals surface area contributed by atoms with Crippen LogP contribution in [-0.2, 0) is 14.8 Å². The third kappa shape index (κ3) is 5.55. The fourth-order valence-corrected chi connectivity index (χ4v) is 4.85. The van der Waals surface area contributed by atoms with E-state index >= 15 is 0 Å². The zero-order chi connectivity index (χ0) is 20.9. The summed E-state index contributed by atoms with van der Waals surface area (Å²) in [5, 5.41) is 2.82. The van der Waals surface area contributed by atoms with Crippen LogP contribution >= 0.6 is 0 Å². The Morgan fingerprint density at radius 1 is 1.24 bits per heavy atom. The Morgan fingerprint density at radius 3 is 2.72 bits per heavy atom. The van der Waals surface area contributed by atoms with E-state index in [1.807, 2.05) is 31.2 Å². The summed E-state index contributed by atoms with van der Waals surface area (Å²) >= 11 is 0. The molecule has 0 radical (unpaired) electrons. The lowest BCUT2D eigenvalue weighted by Gasteiger charge is -2.31. The van der Waals surface area contributed by atoms with Crippen LogP contribution in [0.2, 0.25) is 0 Å². The number of nitrogens with zero attached hydrogens (tertiary/aromatic N) is 1. The molecule has 29 heavy (non-hydrogen) atoms. The van der Waals surface area contributed by atoms with Crippen molar-refractivity contribution < 1.29 is 22.3 Å². The molecule has 0 saturated carbocycles. The number of halogens is 1. The first kappa shape index (κ1) is 21.3. The summed E-state index contributed by atoms with van der Waals surface area (Å²) in [5.41, 5.74) is 1.09. The van der Waals surface area contributed by atoms with Crippen molar-refractivity contribution >= 4 is 15.9 Å². The van der Waals surface area contributed by atoms with Crippen LogP contribution in [0.25, 0.3) is 0 Å². The van der Waals surface area contributed by atoms with Gasteiger partial charge < -0.3 is 10.1 Å². The minimum Gasteiger partial charge on any atom is -0.492 e. The number of amides is 1. The van der Waals surface area contributed by atoms with Gasteiger partial charge >= 0.3 is 0 Å². The molecule has 2 aromatic rings. The lowest BCUT2D eigenvalue weighted by atomic mass is 9.99. The van der Waals surface area contributed by atoms with Gasteiger partial charge in [0.1, 0.15) is 18.2 Å². The van der Waals surface area contributed by atoms with Crippen LogP contribution in [0.5, 0.6) is 5.75 Å². The summed E-state index contributed by atoms with van der Waals surface area (Å²) in [6, 6.07) is 12.4. The average molecular weight is 421 g/mol. The third-order valence-electron chi connectivity index (χ3n) is 4.87. The largest absolute Gasteiger partial charge is 0.492 e. The van der Waals surface area contributed by atoms with Crippen LogP contribution in [0.4, 0.5) is 4.39 Å². The van der Waals surface area contributed by atoms with E-state index in [-0.39, 0.29) is 17.3 Å². The van der Waals surface area contributed by atoms with Gasteiger partial charge in [-0.15, -0.1) is 0 Å². The summed E-state index contributed by atoms with van der Waals surface area (Å²) in [4.78, 5) is 12.5. The molecule has 2 aromatic carbocycles. The van der Waals surface area contributed by atoms with Crippen molar-refractivity contribution in [3.63, 3.8) is 0 Å². The number of aryl methyl sites for hydroxylation is 1. The molecule has 1 atom stereocenters. The molecule has 0 aliphatic carbocycles. The summed E-state index contributed by atoms with van der Waals surface area (Å²) in [7, 11) is -3.75. The lowest BCUT2D eigenvalue weighted by Crippen LogP contribution is -2.45. The molecule has 1 aliphatic heterocycles. The zero-order valence-corrected chi connectivity index (χ0v) is 17.1. The van der Waals surface area contributed by atoms with E-state index < -0.39 is 21.8 Å². The molecule has 0 bridgehead atoms. The molecule has 1 amide bonds. The van der Waals surface area contributed by atoms with Crippen LogP contribution in [0.1, 0.15) is 18.4 Å². The highest BCUT2D eigenvalue weighted by Crippen LogP contribution is 2.24. The van der Waals surface area contributed by atoms with Crippen molar-refractivity contribution in [2.24, 2.45) is 5.92 Å². The second kappa shape index (κ2) is 9.37. The summed E-state index contributed by atoms with van der Waals surface area (Å²) in [5.74, 6) is -0.351. The molecule has 0 spiro atoms. The SMILES string of the molecule is Cc1cccc(OCCNC(=O)[C@@H]2CCCN(S(=O)(=O)c3ccc(F)cc3)C2)c1.